The molecule has 27 heavy (non-hydrogen) atoms. The summed E-state index contributed by atoms with van der Waals surface area (Å²) in [6.45, 7) is 10.6. The average molecular weight is 404 g/mol. The van der Waals surface area contributed by atoms with Crippen LogP contribution in [0.3, 0.4) is 0 Å². The summed E-state index contributed by atoms with van der Waals surface area (Å²) in [4.78, 5) is 2.55. The summed E-state index contributed by atoms with van der Waals surface area (Å²) < 4.78 is 0. The van der Waals surface area contributed by atoms with Gasteiger partial charge in [0.1, 0.15) is 0 Å². The molecule has 0 N–H and O–H groups in total. The Bertz CT molecular complexity index is 240. The molecule has 0 unspecified atom stereocenters. The predicted molar refractivity (Wildman–Crippen MR) is 128 cm³/mol. The smallest absolute Gasteiger partial charge is 0.00190 e. The SMILES string of the molecule is CCCCCCCCCCCCCCCCCCCCCN(CC)CC.Cl. The molecule has 0 aliphatic carbocycles. The van der Waals surface area contributed by atoms with Crippen molar-refractivity contribution in [1.82, 2.24) is 4.90 Å². The molecule has 0 spiro atoms. The maximum absolute atomic E-state index is 2.55. The minimum Gasteiger partial charge on any atom is -0.304 e. The highest BCUT2D eigenvalue weighted by molar-refractivity contribution is 5.85. The van der Waals surface area contributed by atoms with Crippen LogP contribution in [0.2, 0.25) is 0 Å². The van der Waals surface area contributed by atoms with Gasteiger partial charge in [-0.2, -0.15) is 0 Å². The number of hydrogen-bond acceptors (Lipinski definition) is 1. The van der Waals surface area contributed by atoms with E-state index in [1.54, 1.807) is 0 Å². The highest BCUT2D eigenvalue weighted by atomic mass is 35.5. The van der Waals surface area contributed by atoms with Gasteiger partial charge < -0.3 is 4.90 Å². The summed E-state index contributed by atoms with van der Waals surface area (Å²) in [5, 5.41) is 0. The van der Waals surface area contributed by atoms with E-state index in [-0.39, 0.29) is 12.4 Å². The van der Waals surface area contributed by atoms with Gasteiger partial charge in [-0.05, 0) is 26.1 Å². The van der Waals surface area contributed by atoms with Crippen LogP contribution in [0.5, 0.6) is 0 Å². The molecule has 0 fully saturated rings. The third-order valence-corrected chi connectivity index (χ3v) is 5.97. The van der Waals surface area contributed by atoms with Gasteiger partial charge in [-0.25, -0.2) is 0 Å². The van der Waals surface area contributed by atoms with Crippen molar-refractivity contribution in [3.63, 3.8) is 0 Å². The molecule has 166 valence electrons. The molecule has 0 heterocycles. The zero-order valence-corrected chi connectivity index (χ0v) is 20.2. The molecule has 0 radical (unpaired) electrons. The Morgan fingerprint density at radius 2 is 0.630 bits per heavy atom. The molecule has 0 aliphatic rings. The topological polar surface area (TPSA) is 3.24 Å². The largest absolute Gasteiger partial charge is 0.304 e. The second-order valence-electron chi connectivity index (χ2n) is 8.39. The number of unbranched alkanes of at least 4 members (excludes halogenated alkanes) is 18. The zero-order chi connectivity index (χ0) is 19.1. The van der Waals surface area contributed by atoms with Gasteiger partial charge in [0.15, 0.2) is 0 Å². The Hall–Kier alpha value is 0.250. The second kappa shape index (κ2) is 26.2. The molecule has 0 aromatic carbocycles. The third kappa shape index (κ3) is 24.2. The quantitative estimate of drug-likeness (QED) is 0.163. The van der Waals surface area contributed by atoms with Crippen molar-refractivity contribution in [3.05, 3.63) is 0 Å². The van der Waals surface area contributed by atoms with Crippen LogP contribution in [0.4, 0.5) is 0 Å². The Kier molecular flexibility index (Phi) is 28.6. The normalized spacial score (nSPS) is 11.1. The van der Waals surface area contributed by atoms with Crippen LogP contribution < -0.4 is 0 Å². The van der Waals surface area contributed by atoms with Crippen LogP contribution in [0.25, 0.3) is 0 Å². The van der Waals surface area contributed by atoms with E-state index in [4.69, 9.17) is 0 Å². The lowest BCUT2D eigenvalue weighted by Gasteiger charge is -2.17. The fraction of sp³-hybridized carbons (Fsp3) is 1.00. The molecule has 2 heteroatoms. The second-order valence-corrected chi connectivity index (χ2v) is 8.39. The van der Waals surface area contributed by atoms with Crippen LogP contribution in [-0.2, 0) is 0 Å². The van der Waals surface area contributed by atoms with Gasteiger partial charge in [-0.1, -0.05) is 136 Å². The Morgan fingerprint density at radius 3 is 0.889 bits per heavy atom. The van der Waals surface area contributed by atoms with E-state index in [1.807, 2.05) is 0 Å². The Balaban J connectivity index is 0. The van der Waals surface area contributed by atoms with Crippen molar-refractivity contribution >= 4 is 12.4 Å². The molecule has 0 bridgehead atoms. The van der Waals surface area contributed by atoms with Crippen LogP contribution >= 0.6 is 12.4 Å². The van der Waals surface area contributed by atoms with Crippen molar-refractivity contribution in [3.8, 4) is 0 Å². The van der Waals surface area contributed by atoms with Gasteiger partial charge in [0.25, 0.3) is 0 Å². The van der Waals surface area contributed by atoms with Gasteiger partial charge in [-0.3, -0.25) is 0 Å². The van der Waals surface area contributed by atoms with Crippen molar-refractivity contribution in [2.24, 2.45) is 0 Å². The molecule has 1 nitrogen and oxygen atoms in total. The molecule has 0 atom stereocenters. The Labute approximate surface area is 179 Å². The van der Waals surface area contributed by atoms with Crippen LogP contribution in [0.1, 0.15) is 143 Å². The van der Waals surface area contributed by atoms with E-state index in [1.165, 1.54) is 142 Å². The minimum atomic E-state index is 0. The first-order valence-corrected chi connectivity index (χ1v) is 12.6. The minimum absolute atomic E-state index is 0. The van der Waals surface area contributed by atoms with E-state index < -0.39 is 0 Å². The summed E-state index contributed by atoms with van der Waals surface area (Å²) in [7, 11) is 0. The fourth-order valence-electron chi connectivity index (χ4n) is 3.95. The van der Waals surface area contributed by atoms with E-state index >= 15 is 0 Å². The van der Waals surface area contributed by atoms with Gasteiger partial charge in [0.2, 0.25) is 0 Å². The molecule has 0 saturated heterocycles. The summed E-state index contributed by atoms with van der Waals surface area (Å²) in [5.41, 5.74) is 0. The zero-order valence-electron chi connectivity index (χ0n) is 19.4. The summed E-state index contributed by atoms with van der Waals surface area (Å²) >= 11 is 0. The summed E-state index contributed by atoms with van der Waals surface area (Å²) in [6, 6.07) is 0. The lowest BCUT2D eigenvalue weighted by Crippen LogP contribution is -2.23. The van der Waals surface area contributed by atoms with Crippen LogP contribution in [0.15, 0.2) is 0 Å². The van der Waals surface area contributed by atoms with E-state index in [0.717, 1.165) is 0 Å². The van der Waals surface area contributed by atoms with Crippen LogP contribution in [0, 0.1) is 0 Å². The molecule has 0 aliphatic heterocycles. The van der Waals surface area contributed by atoms with Crippen molar-refractivity contribution in [2.75, 3.05) is 19.6 Å². The molecule has 0 saturated carbocycles. The monoisotopic (exact) mass is 403 g/mol. The maximum atomic E-state index is 2.55. The highest BCUT2D eigenvalue weighted by Gasteiger charge is 1.98. The average Bonchev–Trinajstić information content (AvgIpc) is 2.66. The summed E-state index contributed by atoms with van der Waals surface area (Å²) in [6.07, 6.45) is 27.8. The van der Waals surface area contributed by atoms with E-state index in [0.29, 0.717) is 0 Å². The number of hydrogen-bond donors (Lipinski definition) is 0. The van der Waals surface area contributed by atoms with E-state index in [2.05, 4.69) is 25.7 Å². The molecule has 0 amide bonds. The molecular weight excluding hydrogens is 350 g/mol. The first-order valence-electron chi connectivity index (χ1n) is 12.6. The lowest BCUT2D eigenvalue weighted by atomic mass is 10.0. The molecular formula is C25H54ClN. The summed E-state index contributed by atoms with van der Waals surface area (Å²) in [5.74, 6) is 0. The third-order valence-electron chi connectivity index (χ3n) is 5.97. The van der Waals surface area contributed by atoms with Crippen molar-refractivity contribution in [2.45, 2.75) is 143 Å². The van der Waals surface area contributed by atoms with E-state index in [9.17, 15) is 0 Å². The predicted octanol–water partition coefficient (Wildman–Crippen LogP) is 9.18. The number of rotatable bonds is 22. The maximum Gasteiger partial charge on any atom is -0.00190 e. The van der Waals surface area contributed by atoms with Crippen molar-refractivity contribution < 1.29 is 0 Å². The lowest BCUT2D eigenvalue weighted by molar-refractivity contribution is 0.295. The van der Waals surface area contributed by atoms with Gasteiger partial charge in [-0.15, -0.1) is 12.4 Å². The fourth-order valence-corrected chi connectivity index (χ4v) is 3.95. The van der Waals surface area contributed by atoms with Crippen LogP contribution in [-0.4, -0.2) is 24.5 Å². The first kappa shape index (κ1) is 29.5. The number of halogens is 1. The number of nitrogens with zero attached hydrogens (tertiary/aromatic N) is 1. The van der Waals surface area contributed by atoms with Gasteiger partial charge in [0, 0.05) is 0 Å². The van der Waals surface area contributed by atoms with Crippen molar-refractivity contribution in [1.29, 1.82) is 0 Å². The van der Waals surface area contributed by atoms with Gasteiger partial charge in [0.05, 0.1) is 0 Å². The standard InChI is InChI=1S/C25H53N.ClH/c1-4-7-8-9-10-11-12-13-14-15-16-17-18-19-20-21-22-23-24-25-26(5-2)6-3;/h4-25H2,1-3H3;1H. The van der Waals surface area contributed by atoms with Gasteiger partial charge >= 0.3 is 0 Å². The first-order chi connectivity index (χ1) is 12.8. The molecule has 0 aromatic rings. The Morgan fingerprint density at radius 1 is 0.370 bits per heavy atom. The highest BCUT2D eigenvalue weighted by Crippen LogP contribution is 2.14. The molecule has 0 rings (SSSR count). The molecule has 0 aromatic heterocycles.